The molecule has 0 bridgehead atoms. The van der Waals surface area contributed by atoms with Crippen LogP contribution in [-0.4, -0.2) is 10.4 Å². The molecule has 0 spiro atoms. The third kappa shape index (κ3) is 1.88. The van der Waals surface area contributed by atoms with Gasteiger partial charge in [-0.25, -0.2) is 0 Å². The Kier molecular flexibility index (Phi) is 3.09. The molecule has 16 heavy (non-hydrogen) atoms. The first-order valence-electron chi connectivity index (χ1n) is 5.80. The molecule has 0 atom stereocenters. The Hall–Kier alpha value is -1.56. The van der Waals surface area contributed by atoms with Gasteiger partial charge in [0.2, 0.25) is 0 Å². The minimum absolute atomic E-state index is 0.212. The maximum Gasteiger partial charge on any atom is 0.182 e. The first-order chi connectivity index (χ1) is 7.74. The molecule has 0 radical (unpaired) electrons. The van der Waals surface area contributed by atoms with Gasteiger partial charge >= 0.3 is 0 Å². The second-order valence-corrected chi connectivity index (χ2v) is 4.45. The molecule has 0 unspecified atom stereocenters. The molecule has 1 saturated carbocycles. The summed E-state index contributed by atoms with van der Waals surface area (Å²) < 4.78 is 1.86. The molecule has 1 fully saturated rings. The largest absolute Gasteiger partial charge is 0.344 e. The van der Waals surface area contributed by atoms with Crippen molar-refractivity contribution < 1.29 is 4.79 Å². The van der Waals surface area contributed by atoms with Crippen LogP contribution in [0.5, 0.6) is 0 Å². The van der Waals surface area contributed by atoms with Gasteiger partial charge in [-0.2, -0.15) is 5.26 Å². The predicted octanol–water partition coefficient (Wildman–Crippen LogP) is 2.46. The number of carbonyl (C=O) groups is 1. The lowest BCUT2D eigenvalue weighted by Crippen LogP contribution is -2.15. The zero-order chi connectivity index (χ0) is 11.5. The molecular formula is C13H16N2O. The average molecular weight is 216 g/mol. The maximum atomic E-state index is 12.2. The van der Waals surface area contributed by atoms with Crippen molar-refractivity contribution in [2.45, 2.75) is 32.1 Å². The number of carbonyl (C=O) groups excluding carboxylic acids is 1. The van der Waals surface area contributed by atoms with Crippen LogP contribution in [0, 0.1) is 17.2 Å². The van der Waals surface area contributed by atoms with E-state index in [1.54, 1.807) is 0 Å². The summed E-state index contributed by atoms with van der Waals surface area (Å²) in [6.45, 7) is 0. The van der Waals surface area contributed by atoms with Crippen molar-refractivity contribution >= 4 is 5.78 Å². The van der Waals surface area contributed by atoms with Crippen molar-refractivity contribution in [1.29, 1.82) is 5.26 Å². The Morgan fingerprint density at radius 1 is 1.50 bits per heavy atom. The molecular weight excluding hydrogens is 200 g/mol. The van der Waals surface area contributed by atoms with E-state index >= 15 is 0 Å². The summed E-state index contributed by atoms with van der Waals surface area (Å²) in [7, 11) is 1.87. The lowest BCUT2D eigenvalue weighted by atomic mass is 10.0. The maximum absolute atomic E-state index is 12.2. The van der Waals surface area contributed by atoms with E-state index in [4.69, 9.17) is 5.26 Å². The molecule has 0 saturated heterocycles. The molecule has 84 valence electrons. The zero-order valence-electron chi connectivity index (χ0n) is 9.57. The van der Waals surface area contributed by atoms with Crippen LogP contribution in [0.4, 0.5) is 0 Å². The molecule has 0 aromatic carbocycles. The first kappa shape index (κ1) is 10.9. The molecule has 2 rings (SSSR count). The Bertz CT molecular complexity index is 433. The van der Waals surface area contributed by atoms with Crippen molar-refractivity contribution in [2.24, 2.45) is 13.0 Å². The highest BCUT2D eigenvalue weighted by molar-refractivity contribution is 5.96. The second kappa shape index (κ2) is 4.52. The fraction of sp³-hybridized carbons (Fsp3) is 0.538. The van der Waals surface area contributed by atoms with Crippen LogP contribution >= 0.6 is 0 Å². The highest BCUT2D eigenvalue weighted by Gasteiger charge is 2.25. The first-order valence-corrected chi connectivity index (χ1v) is 5.80. The van der Waals surface area contributed by atoms with E-state index in [-0.39, 0.29) is 11.7 Å². The minimum Gasteiger partial charge on any atom is -0.344 e. The Balaban J connectivity index is 2.20. The monoisotopic (exact) mass is 216 g/mol. The summed E-state index contributed by atoms with van der Waals surface area (Å²) in [4.78, 5) is 12.2. The standard InChI is InChI=1S/C13H16N2O/c1-15-11(8-9-14)6-7-12(15)13(16)10-4-2-3-5-10/h6-7,10H,2-5,8H2,1H3. The molecule has 0 aliphatic heterocycles. The Morgan fingerprint density at radius 2 is 2.19 bits per heavy atom. The van der Waals surface area contributed by atoms with Gasteiger partial charge in [-0.05, 0) is 25.0 Å². The molecule has 0 N–H and O–H groups in total. The van der Waals surface area contributed by atoms with Crippen molar-refractivity contribution in [3.8, 4) is 6.07 Å². The van der Waals surface area contributed by atoms with E-state index in [2.05, 4.69) is 6.07 Å². The molecule has 0 amide bonds. The highest BCUT2D eigenvalue weighted by Crippen LogP contribution is 2.28. The number of nitrogens with zero attached hydrogens (tertiary/aromatic N) is 2. The van der Waals surface area contributed by atoms with Crippen molar-refractivity contribution in [1.82, 2.24) is 4.57 Å². The predicted molar refractivity (Wildman–Crippen MR) is 61.0 cm³/mol. The van der Waals surface area contributed by atoms with Gasteiger partial charge < -0.3 is 4.57 Å². The molecule has 3 nitrogen and oxygen atoms in total. The van der Waals surface area contributed by atoms with Gasteiger partial charge in [-0.1, -0.05) is 12.8 Å². The summed E-state index contributed by atoms with van der Waals surface area (Å²) in [6, 6.07) is 5.85. The fourth-order valence-electron chi connectivity index (χ4n) is 2.46. The van der Waals surface area contributed by atoms with Crippen LogP contribution in [-0.2, 0) is 13.5 Å². The molecule has 1 aromatic rings. The van der Waals surface area contributed by atoms with Crippen LogP contribution < -0.4 is 0 Å². The van der Waals surface area contributed by atoms with Gasteiger partial charge in [-0.3, -0.25) is 4.79 Å². The Labute approximate surface area is 95.7 Å². The lowest BCUT2D eigenvalue weighted by Gasteiger charge is -2.09. The van der Waals surface area contributed by atoms with Gasteiger partial charge in [0.1, 0.15) is 0 Å². The third-order valence-electron chi connectivity index (χ3n) is 3.46. The third-order valence-corrected chi connectivity index (χ3v) is 3.46. The van der Waals surface area contributed by atoms with Crippen molar-refractivity contribution in [3.05, 3.63) is 23.5 Å². The number of ketones is 1. The van der Waals surface area contributed by atoms with E-state index in [0.29, 0.717) is 6.42 Å². The number of aromatic nitrogens is 1. The summed E-state index contributed by atoms with van der Waals surface area (Å²) in [5.74, 6) is 0.465. The number of rotatable bonds is 3. The van der Waals surface area contributed by atoms with E-state index in [9.17, 15) is 4.79 Å². The fourth-order valence-corrected chi connectivity index (χ4v) is 2.46. The van der Waals surface area contributed by atoms with Crippen LogP contribution in [0.15, 0.2) is 12.1 Å². The summed E-state index contributed by atoms with van der Waals surface area (Å²) in [6.07, 6.45) is 4.77. The van der Waals surface area contributed by atoms with Crippen molar-refractivity contribution in [2.75, 3.05) is 0 Å². The normalized spacial score (nSPS) is 16.2. The topological polar surface area (TPSA) is 45.8 Å². The quantitative estimate of drug-likeness (QED) is 0.728. The van der Waals surface area contributed by atoms with Gasteiger partial charge in [0, 0.05) is 18.7 Å². The molecule has 1 aromatic heterocycles. The summed E-state index contributed by atoms with van der Waals surface area (Å²) in [5, 5.41) is 8.66. The molecule has 3 heteroatoms. The highest BCUT2D eigenvalue weighted by atomic mass is 16.1. The van der Waals surface area contributed by atoms with Crippen LogP contribution in [0.25, 0.3) is 0 Å². The number of nitriles is 1. The number of hydrogen-bond donors (Lipinski definition) is 0. The second-order valence-electron chi connectivity index (χ2n) is 4.45. The van der Waals surface area contributed by atoms with Crippen LogP contribution in [0.3, 0.4) is 0 Å². The molecule has 1 aliphatic rings. The van der Waals surface area contributed by atoms with Gasteiger partial charge in [0.05, 0.1) is 18.2 Å². The SMILES string of the molecule is Cn1c(CC#N)ccc1C(=O)C1CCCC1. The number of Topliss-reactive ketones (excluding diaryl/α,β-unsaturated/α-hetero) is 1. The number of hydrogen-bond acceptors (Lipinski definition) is 2. The summed E-state index contributed by atoms with van der Waals surface area (Å²) in [5.41, 5.74) is 1.68. The van der Waals surface area contributed by atoms with E-state index < -0.39 is 0 Å². The van der Waals surface area contributed by atoms with E-state index in [1.165, 1.54) is 12.8 Å². The van der Waals surface area contributed by atoms with Gasteiger partial charge in [-0.15, -0.1) is 0 Å². The van der Waals surface area contributed by atoms with Crippen LogP contribution in [0.2, 0.25) is 0 Å². The minimum atomic E-state index is 0.212. The molecule has 1 heterocycles. The summed E-state index contributed by atoms with van der Waals surface area (Å²) >= 11 is 0. The van der Waals surface area contributed by atoms with E-state index in [0.717, 1.165) is 24.2 Å². The molecule has 1 aliphatic carbocycles. The lowest BCUT2D eigenvalue weighted by molar-refractivity contribution is 0.0914. The van der Waals surface area contributed by atoms with Gasteiger partial charge in [0.15, 0.2) is 5.78 Å². The Morgan fingerprint density at radius 3 is 2.81 bits per heavy atom. The van der Waals surface area contributed by atoms with Gasteiger partial charge in [0.25, 0.3) is 0 Å². The zero-order valence-corrected chi connectivity index (χ0v) is 9.57. The average Bonchev–Trinajstić information content (AvgIpc) is 2.89. The smallest absolute Gasteiger partial charge is 0.182 e. The van der Waals surface area contributed by atoms with Crippen LogP contribution in [0.1, 0.15) is 41.9 Å². The van der Waals surface area contributed by atoms with E-state index in [1.807, 2.05) is 23.7 Å². The van der Waals surface area contributed by atoms with Crippen molar-refractivity contribution in [3.63, 3.8) is 0 Å².